The maximum Gasteiger partial charge on any atom is 0.0809 e. The highest BCUT2D eigenvalue weighted by molar-refractivity contribution is 5.18. The molecule has 0 bridgehead atoms. The molecule has 1 N–H and O–H groups in total. The van der Waals surface area contributed by atoms with Crippen molar-refractivity contribution in [3.8, 4) is 0 Å². The van der Waals surface area contributed by atoms with Crippen LogP contribution in [0, 0.1) is 0 Å². The van der Waals surface area contributed by atoms with Crippen LogP contribution in [-0.4, -0.2) is 32.5 Å². The first kappa shape index (κ1) is 16.5. The predicted octanol–water partition coefficient (Wildman–Crippen LogP) is 3.70. The summed E-state index contributed by atoms with van der Waals surface area (Å²) in [5.74, 6) is 0. The van der Waals surface area contributed by atoms with Crippen molar-refractivity contribution in [1.82, 2.24) is 5.32 Å². The Morgan fingerprint density at radius 2 is 2.19 bits per heavy atom. The van der Waals surface area contributed by atoms with Gasteiger partial charge in [-0.25, -0.2) is 0 Å². The molecule has 0 saturated carbocycles. The summed E-state index contributed by atoms with van der Waals surface area (Å²) in [6, 6.07) is 11.2. The molecule has 1 aliphatic heterocycles. The van der Waals surface area contributed by atoms with Crippen molar-refractivity contribution in [2.75, 3.05) is 26.4 Å². The summed E-state index contributed by atoms with van der Waals surface area (Å²) in [6.07, 6.45) is 6.12. The second-order valence-corrected chi connectivity index (χ2v) is 5.77. The molecule has 1 heterocycles. The molecule has 2 unspecified atom stereocenters. The minimum atomic E-state index is 0.343. The first-order valence-corrected chi connectivity index (χ1v) is 8.38. The lowest BCUT2D eigenvalue weighted by atomic mass is 10.0. The van der Waals surface area contributed by atoms with Gasteiger partial charge >= 0.3 is 0 Å². The van der Waals surface area contributed by atoms with Crippen molar-refractivity contribution >= 4 is 0 Å². The van der Waals surface area contributed by atoms with Crippen LogP contribution in [0.25, 0.3) is 0 Å². The molecule has 0 aliphatic carbocycles. The number of benzene rings is 1. The first-order valence-electron chi connectivity index (χ1n) is 8.38. The van der Waals surface area contributed by atoms with Crippen LogP contribution in [0.2, 0.25) is 0 Å². The lowest BCUT2D eigenvalue weighted by molar-refractivity contribution is 0.0165. The van der Waals surface area contributed by atoms with Gasteiger partial charge in [0.05, 0.1) is 12.7 Å². The van der Waals surface area contributed by atoms with Crippen LogP contribution in [-0.2, 0) is 9.47 Å². The molecule has 2 rings (SSSR count). The topological polar surface area (TPSA) is 30.5 Å². The standard InChI is InChI=1S/C18H29NO2/c1-2-8-18(16-9-4-3-5-10-16)19-12-7-13-20-15-17-11-6-14-21-17/h3-5,9-10,17-19H,2,6-8,11-15H2,1H3. The minimum Gasteiger partial charge on any atom is -0.379 e. The largest absolute Gasteiger partial charge is 0.379 e. The normalized spacial score (nSPS) is 19.8. The van der Waals surface area contributed by atoms with E-state index in [2.05, 4.69) is 42.6 Å². The van der Waals surface area contributed by atoms with Gasteiger partial charge in [-0.1, -0.05) is 43.7 Å². The summed E-state index contributed by atoms with van der Waals surface area (Å²) in [5.41, 5.74) is 1.39. The molecule has 118 valence electrons. The second kappa shape index (κ2) is 9.93. The van der Waals surface area contributed by atoms with E-state index in [0.717, 1.165) is 39.2 Å². The summed E-state index contributed by atoms with van der Waals surface area (Å²) in [7, 11) is 0. The van der Waals surface area contributed by atoms with Crippen molar-refractivity contribution in [2.45, 2.75) is 51.2 Å². The third-order valence-corrected chi connectivity index (χ3v) is 3.96. The van der Waals surface area contributed by atoms with E-state index in [9.17, 15) is 0 Å². The van der Waals surface area contributed by atoms with Crippen molar-refractivity contribution in [1.29, 1.82) is 0 Å². The van der Waals surface area contributed by atoms with Crippen LogP contribution in [0.4, 0.5) is 0 Å². The molecule has 3 heteroatoms. The van der Waals surface area contributed by atoms with E-state index < -0.39 is 0 Å². The van der Waals surface area contributed by atoms with Gasteiger partial charge in [0.2, 0.25) is 0 Å². The van der Waals surface area contributed by atoms with Gasteiger partial charge < -0.3 is 14.8 Å². The summed E-state index contributed by atoms with van der Waals surface area (Å²) >= 11 is 0. The van der Waals surface area contributed by atoms with E-state index >= 15 is 0 Å². The highest BCUT2D eigenvalue weighted by Crippen LogP contribution is 2.17. The third kappa shape index (κ3) is 6.16. The van der Waals surface area contributed by atoms with Gasteiger partial charge in [-0.05, 0) is 37.8 Å². The molecule has 1 saturated heterocycles. The zero-order valence-corrected chi connectivity index (χ0v) is 13.2. The Morgan fingerprint density at radius 1 is 1.33 bits per heavy atom. The number of nitrogens with one attached hydrogen (secondary N) is 1. The summed E-state index contributed by atoms with van der Waals surface area (Å²) < 4.78 is 11.2. The van der Waals surface area contributed by atoms with Gasteiger partial charge in [0, 0.05) is 19.3 Å². The van der Waals surface area contributed by atoms with E-state index in [1.807, 2.05) is 0 Å². The first-order chi connectivity index (χ1) is 10.4. The van der Waals surface area contributed by atoms with Crippen LogP contribution in [0.1, 0.15) is 50.6 Å². The third-order valence-electron chi connectivity index (χ3n) is 3.96. The molecule has 1 aliphatic rings. The van der Waals surface area contributed by atoms with Crippen molar-refractivity contribution in [3.05, 3.63) is 35.9 Å². The smallest absolute Gasteiger partial charge is 0.0809 e. The van der Waals surface area contributed by atoms with Crippen LogP contribution < -0.4 is 5.32 Å². The Hall–Kier alpha value is -0.900. The molecule has 1 fully saturated rings. The Morgan fingerprint density at radius 3 is 2.90 bits per heavy atom. The molecule has 21 heavy (non-hydrogen) atoms. The zero-order chi connectivity index (χ0) is 14.8. The molecule has 3 nitrogen and oxygen atoms in total. The molecule has 0 spiro atoms. The lowest BCUT2D eigenvalue weighted by Gasteiger charge is -2.18. The highest BCUT2D eigenvalue weighted by Gasteiger charge is 2.15. The molecule has 2 atom stereocenters. The number of hydrogen-bond acceptors (Lipinski definition) is 3. The number of ether oxygens (including phenoxy) is 2. The number of rotatable bonds is 10. The molecule has 0 aromatic heterocycles. The van der Waals surface area contributed by atoms with Crippen molar-refractivity contribution < 1.29 is 9.47 Å². The van der Waals surface area contributed by atoms with E-state index in [-0.39, 0.29) is 0 Å². The SMILES string of the molecule is CCCC(NCCCOCC1CCCO1)c1ccccc1. The Kier molecular flexibility index (Phi) is 7.79. The fourth-order valence-corrected chi connectivity index (χ4v) is 2.80. The average molecular weight is 291 g/mol. The summed E-state index contributed by atoms with van der Waals surface area (Å²) in [6.45, 7) is 5.73. The van der Waals surface area contributed by atoms with Crippen LogP contribution in [0.3, 0.4) is 0 Å². The van der Waals surface area contributed by atoms with Crippen molar-refractivity contribution in [2.24, 2.45) is 0 Å². The molecule has 0 radical (unpaired) electrons. The quantitative estimate of drug-likeness (QED) is 0.667. The minimum absolute atomic E-state index is 0.343. The molecular formula is C18H29NO2. The van der Waals surface area contributed by atoms with E-state index in [1.54, 1.807) is 0 Å². The van der Waals surface area contributed by atoms with Gasteiger partial charge in [-0.3, -0.25) is 0 Å². The molecule has 1 aromatic rings. The second-order valence-electron chi connectivity index (χ2n) is 5.77. The molecule has 0 amide bonds. The fraction of sp³-hybridized carbons (Fsp3) is 0.667. The fourth-order valence-electron chi connectivity index (χ4n) is 2.80. The van der Waals surface area contributed by atoms with Crippen molar-refractivity contribution in [3.63, 3.8) is 0 Å². The van der Waals surface area contributed by atoms with Crippen LogP contribution in [0.15, 0.2) is 30.3 Å². The molecular weight excluding hydrogens is 262 g/mol. The van der Waals surface area contributed by atoms with Gasteiger partial charge in [-0.2, -0.15) is 0 Å². The lowest BCUT2D eigenvalue weighted by Crippen LogP contribution is -2.24. The monoisotopic (exact) mass is 291 g/mol. The maximum absolute atomic E-state index is 5.70. The van der Waals surface area contributed by atoms with E-state index in [0.29, 0.717) is 12.1 Å². The van der Waals surface area contributed by atoms with Gasteiger partial charge in [0.1, 0.15) is 0 Å². The average Bonchev–Trinajstić information content (AvgIpc) is 3.04. The van der Waals surface area contributed by atoms with Crippen LogP contribution in [0.5, 0.6) is 0 Å². The van der Waals surface area contributed by atoms with E-state index in [4.69, 9.17) is 9.47 Å². The Bertz CT molecular complexity index is 363. The number of hydrogen-bond donors (Lipinski definition) is 1. The zero-order valence-electron chi connectivity index (χ0n) is 13.2. The summed E-state index contributed by atoms with van der Waals surface area (Å²) in [5, 5.41) is 3.65. The van der Waals surface area contributed by atoms with Gasteiger partial charge in [-0.15, -0.1) is 0 Å². The Balaban J connectivity index is 1.59. The van der Waals surface area contributed by atoms with Gasteiger partial charge in [0.25, 0.3) is 0 Å². The van der Waals surface area contributed by atoms with Crippen LogP contribution >= 0.6 is 0 Å². The predicted molar refractivity (Wildman–Crippen MR) is 86.5 cm³/mol. The maximum atomic E-state index is 5.70. The Labute approximate surface area is 129 Å². The van der Waals surface area contributed by atoms with Gasteiger partial charge in [0.15, 0.2) is 0 Å². The van der Waals surface area contributed by atoms with E-state index in [1.165, 1.54) is 24.8 Å². The summed E-state index contributed by atoms with van der Waals surface area (Å²) in [4.78, 5) is 0. The highest BCUT2D eigenvalue weighted by atomic mass is 16.5. The molecule has 1 aromatic carbocycles.